The molecule has 1 aromatic rings. The molecule has 0 saturated carbocycles. The van der Waals surface area contributed by atoms with Gasteiger partial charge >= 0.3 is 0 Å². The van der Waals surface area contributed by atoms with Gasteiger partial charge in [0.15, 0.2) is 11.6 Å². The topological polar surface area (TPSA) is 26.0 Å². The molecule has 1 nitrogen and oxygen atoms in total. The van der Waals surface area contributed by atoms with Crippen molar-refractivity contribution in [3.63, 3.8) is 0 Å². The monoisotopic (exact) mass is 251 g/mol. The summed E-state index contributed by atoms with van der Waals surface area (Å²) in [6, 6.07) is 4.33. The minimum atomic E-state index is -0.785. The van der Waals surface area contributed by atoms with E-state index in [2.05, 4.69) is 13.8 Å². The molecule has 0 fully saturated rings. The van der Waals surface area contributed by atoms with E-state index in [-0.39, 0.29) is 11.5 Å². The SMILES string of the molecule is CC1(C)CC(Cc2cccc(F)c2F)=CC(N)C1. The van der Waals surface area contributed by atoms with Gasteiger partial charge in [-0.25, -0.2) is 8.78 Å². The average Bonchev–Trinajstić information content (AvgIpc) is 2.22. The lowest BCUT2D eigenvalue weighted by molar-refractivity contribution is 0.299. The van der Waals surface area contributed by atoms with Gasteiger partial charge < -0.3 is 5.73 Å². The first kappa shape index (κ1) is 13.2. The second-order valence-corrected chi connectivity index (χ2v) is 5.92. The maximum Gasteiger partial charge on any atom is 0.162 e. The van der Waals surface area contributed by atoms with Gasteiger partial charge in [0.2, 0.25) is 0 Å². The second-order valence-electron chi connectivity index (χ2n) is 5.92. The summed E-state index contributed by atoms with van der Waals surface area (Å²) in [5.74, 6) is -1.53. The van der Waals surface area contributed by atoms with Crippen molar-refractivity contribution in [3.05, 3.63) is 47.0 Å². The number of hydrogen-bond donors (Lipinski definition) is 1. The molecule has 1 unspecified atom stereocenters. The van der Waals surface area contributed by atoms with Gasteiger partial charge in [-0.05, 0) is 36.3 Å². The highest BCUT2D eigenvalue weighted by atomic mass is 19.2. The Hall–Kier alpha value is -1.22. The zero-order valence-electron chi connectivity index (χ0n) is 10.8. The molecule has 0 heterocycles. The quantitative estimate of drug-likeness (QED) is 0.799. The van der Waals surface area contributed by atoms with Crippen LogP contribution in [0.2, 0.25) is 0 Å². The summed E-state index contributed by atoms with van der Waals surface area (Å²) in [6.45, 7) is 4.31. The van der Waals surface area contributed by atoms with Crippen LogP contribution in [0.15, 0.2) is 29.8 Å². The van der Waals surface area contributed by atoms with Crippen molar-refractivity contribution in [1.29, 1.82) is 0 Å². The molecule has 1 aromatic carbocycles. The Kier molecular flexibility index (Phi) is 3.53. The van der Waals surface area contributed by atoms with E-state index >= 15 is 0 Å². The van der Waals surface area contributed by atoms with Crippen LogP contribution in [-0.2, 0) is 6.42 Å². The predicted molar refractivity (Wildman–Crippen MR) is 69.1 cm³/mol. The van der Waals surface area contributed by atoms with Gasteiger partial charge in [-0.1, -0.05) is 37.6 Å². The van der Waals surface area contributed by atoms with Crippen molar-refractivity contribution in [1.82, 2.24) is 0 Å². The standard InChI is InChI=1S/C15H19F2N/c1-15(2)8-10(7-12(18)9-15)6-11-4-3-5-13(16)14(11)17/h3-5,7,12H,6,8-9,18H2,1-2H3. The summed E-state index contributed by atoms with van der Waals surface area (Å²) < 4.78 is 26.8. The summed E-state index contributed by atoms with van der Waals surface area (Å²) in [6.07, 6.45) is 4.26. The Labute approximate surface area is 107 Å². The van der Waals surface area contributed by atoms with E-state index in [4.69, 9.17) is 5.73 Å². The Bertz CT molecular complexity index is 477. The van der Waals surface area contributed by atoms with Crippen molar-refractivity contribution in [2.24, 2.45) is 11.1 Å². The Morgan fingerprint density at radius 2 is 2.06 bits per heavy atom. The minimum Gasteiger partial charge on any atom is -0.324 e. The van der Waals surface area contributed by atoms with Gasteiger partial charge in [-0.3, -0.25) is 0 Å². The molecular weight excluding hydrogens is 232 g/mol. The summed E-state index contributed by atoms with van der Waals surface area (Å²) in [7, 11) is 0. The highest BCUT2D eigenvalue weighted by molar-refractivity contribution is 5.27. The molecule has 0 saturated heterocycles. The molecule has 0 bridgehead atoms. The summed E-state index contributed by atoms with van der Waals surface area (Å²) in [4.78, 5) is 0. The Balaban J connectivity index is 2.21. The number of benzene rings is 1. The van der Waals surface area contributed by atoms with Crippen LogP contribution >= 0.6 is 0 Å². The van der Waals surface area contributed by atoms with Crippen LogP contribution in [0.5, 0.6) is 0 Å². The number of rotatable bonds is 2. The van der Waals surface area contributed by atoms with E-state index in [0.29, 0.717) is 12.0 Å². The molecule has 98 valence electrons. The fraction of sp³-hybridized carbons (Fsp3) is 0.467. The average molecular weight is 251 g/mol. The summed E-state index contributed by atoms with van der Waals surface area (Å²) >= 11 is 0. The molecule has 1 aliphatic rings. The van der Waals surface area contributed by atoms with E-state index in [1.807, 2.05) is 6.08 Å². The van der Waals surface area contributed by atoms with Crippen molar-refractivity contribution in [2.75, 3.05) is 0 Å². The molecule has 1 atom stereocenters. The van der Waals surface area contributed by atoms with Crippen molar-refractivity contribution < 1.29 is 8.78 Å². The number of halogens is 2. The molecule has 2 N–H and O–H groups in total. The zero-order valence-corrected chi connectivity index (χ0v) is 10.8. The van der Waals surface area contributed by atoms with E-state index in [9.17, 15) is 8.78 Å². The smallest absolute Gasteiger partial charge is 0.162 e. The molecule has 0 spiro atoms. The Morgan fingerprint density at radius 1 is 1.33 bits per heavy atom. The van der Waals surface area contributed by atoms with Crippen LogP contribution in [0.4, 0.5) is 8.78 Å². The lowest BCUT2D eigenvalue weighted by atomic mass is 9.74. The molecule has 0 amide bonds. The van der Waals surface area contributed by atoms with E-state index < -0.39 is 11.6 Å². The van der Waals surface area contributed by atoms with Gasteiger partial charge in [-0.2, -0.15) is 0 Å². The first-order chi connectivity index (χ1) is 8.37. The van der Waals surface area contributed by atoms with Gasteiger partial charge in [0.05, 0.1) is 0 Å². The largest absolute Gasteiger partial charge is 0.324 e. The fourth-order valence-electron chi connectivity index (χ4n) is 2.80. The van der Waals surface area contributed by atoms with Gasteiger partial charge in [0, 0.05) is 6.04 Å². The molecule has 0 aliphatic heterocycles. The lowest BCUT2D eigenvalue weighted by Gasteiger charge is -2.33. The number of allylic oxidation sites excluding steroid dienone is 1. The first-order valence-electron chi connectivity index (χ1n) is 6.25. The van der Waals surface area contributed by atoms with Crippen LogP contribution in [0, 0.1) is 17.0 Å². The number of nitrogens with two attached hydrogens (primary N) is 1. The predicted octanol–water partition coefficient (Wildman–Crippen LogP) is 3.58. The van der Waals surface area contributed by atoms with Crippen LogP contribution < -0.4 is 5.73 Å². The van der Waals surface area contributed by atoms with E-state index in [0.717, 1.165) is 24.5 Å². The zero-order chi connectivity index (χ0) is 13.3. The van der Waals surface area contributed by atoms with Crippen molar-refractivity contribution >= 4 is 0 Å². The summed E-state index contributed by atoms with van der Waals surface area (Å²) in [5, 5.41) is 0. The molecule has 2 rings (SSSR count). The number of hydrogen-bond acceptors (Lipinski definition) is 1. The third-order valence-corrected chi connectivity index (χ3v) is 3.39. The van der Waals surface area contributed by atoms with Crippen LogP contribution in [-0.4, -0.2) is 6.04 Å². The summed E-state index contributed by atoms with van der Waals surface area (Å²) in [5.41, 5.74) is 7.62. The molecule has 0 radical (unpaired) electrons. The molecule has 0 aromatic heterocycles. The van der Waals surface area contributed by atoms with Gasteiger partial charge in [-0.15, -0.1) is 0 Å². The highest BCUT2D eigenvalue weighted by Crippen LogP contribution is 2.36. The fourth-order valence-corrected chi connectivity index (χ4v) is 2.80. The van der Waals surface area contributed by atoms with Gasteiger partial charge in [0.25, 0.3) is 0 Å². The van der Waals surface area contributed by atoms with E-state index in [1.54, 1.807) is 12.1 Å². The van der Waals surface area contributed by atoms with E-state index in [1.165, 1.54) is 0 Å². The third kappa shape index (κ3) is 2.96. The normalized spacial score (nSPS) is 22.7. The second kappa shape index (κ2) is 4.81. The molecular formula is C15H19F2N. The van der Waals surface area contributed by atoms with Gasteiger partial charge in [0.1, 0.15) is 0 Å². The van der Waals surface area contributed by atoms with Crippen LogP contribution in [0.25, 0.3) is 0 Å². The van der Waals surface area contributed by atoms with Crippen molar-refractivity contribution in [3.8, 4) is 0 Å². The first-order valence-corrected chi connectivity index (χ1v) is 6.25. The lowest BCUT2D eigenvalue weighted by Crippen LogP contribution is -2.31. The maximum atomic E-state index is 13.6. The van der Waals surface area contributed by atoms with Crippen LogP contribution in [0.3, 0.4) is 0 Å². The minimum absolute atomic E-state index is 0.0142. The maximum absolute atomic E-state index is 13.6. The molecule has 3 heteroatoms. The van der Waals surface area contributed by atoms with Crippen LogP contribution in [0.1, 0.15) is 32.3 Å². The highest BCUT2D eigenvalue weighted by Gasteiger charge is 2.27. The molecule has 18 heavy (non-hydrogen) atoms. The van der Waals surface area contributed by atoms with Crippen molar-refractivity contribution in [2.45, 2.75) is 39.2 Å². The Morgan fingerprint density at radius 3 is 2.72 bits per heavy atom. The molecule has 1 aliphatic carbocycles. The third-order valence-electron chi connectivity index (χ3n) is 3.39.